The molecule has 110 valence electrons. The molecule has 1 atom stereocenters. The monoisotopic (exact) mass is 278 g/mol. The van der Waals surface area contributed by atoms with Gasteiger partial charge in [-0.25, -0.2) is 0 Å². The van der Waals surface area contributed by atoms with Crippen LogP contribution in [0.4, 0.5) is 5.69 Å². The Balaban J connectivity index is 2.07. The maximum atomic E-state index is 8.72. The van der Waals surface area contributed by atoms with Crippen molar-refractivity contribution in [3.63, 3.8) is 0 Å². The van der Waals surface area contributed by atoms with E-state index in [1.807, 2.05) is 12.1 Å². The van der Waals surface area contributed by atoms with E-state index in [2.05, 4.69) is 22.0 Å². The number of amidine groups is 1. The Morgan fingerprint density at radius 2 is 2.50 bits per heavy atom. The van der Waals surface area contributed by atoms with Crippen LogP contribution in [0, 0.1) is 0 Å². The number of piperidine rings is 1. The first kappa shape index (κ1) is 14.6. The number of hydrogen-bond donors (Lipinski definition) is 2. The highest BCUT2D eigenvalue weighted by Gasteiger charge is 2.21. The van der Waals surface area contributed by atoms with Crippen LogP contribution in [0.5, 0.6) is 0 Å². The minimum atomic E-state index is 0.0302. The number of pyridine rings is 1. The topological polar surface area (TPSA) is 84.0 Å². The predicted octanol–water partition coefficient (Wildman–Crippen LogP) is 1.57. The first-order chi connectivity index (χ1) is 9.74. The van der Waals surface area contributed by atoms with Gasteiger partial charge in [0, 0.05) is 31.6 Å². The molecule has 20 heavy (non-hydrogen) atoms. The minimum Gasteiger partial charge on any atom is -0.409 e. The summed E-state index contributed by atoms with van der Waals surface area (Å²) in [6.07, 6.45) is 5.22. The summed E-state index contributed by atoms with van der Waals surface area (Å²) < 4.78 is 5.84. The fraction of sp³-hybridized carbons (Fsp3) is 0.571. The molecule has 0 aromatic carbocycles. The summed E-state index contributed by atoms with van der Waals surface area (Å²) in [4.78, 5) is 6.36. The Morgan fingerprint density at radius 3 is 3.25 bits per heavy atom. The first-order valence-corrected chi connectivity index (χ1v) is 7.05. The molecule has 2 heterocycles. The molecule has 1 saturated heterocycles. The summed E-state index contributed by atoms with van der Waals surface area (Å²) in [7, 11) is 0. The smallest absolute Gasteiger partial charge is 0.188 e. The summed E-state index contributed by atoms with van der Waals surface area (Å²) in [5, 5.41) is 11.7. The molecule has 6 heteroatoms. The largest absolute Gasteiger partial charge is 0.409 e. The highest BCUT2D eigenvalue weighted by atomic mass is 16.5. The predicted molar refractivity (Wildman–Crippen MR) is 78.2 cm³/mol. The van der Waals surface area contributed by atoms with Crippen LogP contribution in [0.15, 0.2) is 23.5 Å². The fourth-order valence-electron chi connectivity index (χ4n) is 2.40. The van der Waals surface area contributed by atoms with Gasteiger partial charge in [-0.2, -0.15) is 0 Å². The second kappa shape index (κ2) is 7.09. The van der Waals surface area contributed by atoms with Crippen molar-refractivity contribution in [3.05, 3.63) is 24.0 Å². The van der Waals surface area contributed by atoms with Crippen molar-refractivity contribution >= 4 is 11.5 Å². The van der Waals surface area contributed by atoms with Crippen LogP contribution in [0.2, 0.25) is 0 Å². The number of aromatic nitrogens is 1. The Morgan fingerprint density at radius 1 is 1.65 bits per heavy atom. The molecule has 0 saturated carbocycles. The average Bonchev–Trinajstić information content (AvgIpc) is 2.52. The third kappa shape index (κ3) is 3.60. The lowest BCUT2D eigenvalue weighted by Gasteiger charge is -2.34. The van der Waals surface area contributed by atoms with Crippen LogP contribution < -0.4 is 10.6 Å². The maximum Gasteiger partial charge on any atom is 0.188 e. The van der Waals surface area contributed by atoms with Crippen molar-refractivity contribution in [1.29, 1.82) is 0 Å². The van der Waals surface area contributed by atoms with Crippen LogP contribution >= 0.6 is 0 Å². The molecule has 2 rings (SSSR count). The molecule has 0 radical (unpaired) electrons. The molecule has 1 aromatic rings. The minimum absolute atomic E-state index is 0.0302. The van der Waals surface area contributed by atoms with Crippen LogP contribution in [0.3, 0.4) is 0 Å². The van der Waals surface area contributed by atoms with E-state index in [4.69, 9.17) is 15.7 Å². The number of hydrogen-bond acceptors (Lipinski definition) is 5. The fourth-order valence-corrected chi connectivity index (χ4v) is 2.40. The number of nitrogens with zero attached hydrogens (tertiary/aromatic N) is 3. The normalized spacial score (nSPS) is 20.1. The highest BCUT2D eigenvalue weighted by molar-refractivity contribution is 5.95. The zero-order valence-corrected chi connectivity index (χ0v) is 11.8. The molecule has 1 aliphatic rings. The van der Waals surface area contributed by atoms with Gasteiger partial charge in [0.05, 0.1) is 6.10 Å². The van der Waals surface area contributed by atoms with Gasteiger partial charge in [0.1, 0.15) is 5.69 Å². The van der Waals surface area contributed by atoms with E-state index in [-0.39, 0.29) is 11.9 Å². The van der Waals surface area contributed by atoms with Crippen molar-refractivity contribution < 1.29 is 9.94 Å². The maximum absolute atomic E-state index is 8.72. The van der Waals surface area contributed by atoms with Gasteiger partial charge in [-0.05, 0) is 31.4 Å². The number of anilines is 1. The van der Waals surface area contributed by atoms with Crippen molar-refractivity contribution in [1.82, 2.24) is 4.98 Å². The van der Waals surface area contributed by atoms with Crippen LogP contribution in [0.25, 0.3) is 0 Å². The van der Waals surface area contributed by atoms with E-state index in [9.17, 15) is 0 Å². The van der Waals surface area contributed by atoms with Crippen LogP contribution in [-0.4, -0.2) is 41.8 Å². The second-order valence-corrected chi connectivity index (χ2v) is 4.97. The zero-order valence-electron chi connectivity index (χ0n) is 11.8. The molecule has 3 N–H and O–H groups in total. The molecule has 6 nitrogen and oxygen atoms in total. The number of ether oxygens (including phenoxy) is 1. The third-order valence-corrected chi connectivity index (χ3v) is 3.41. The molecule has 0 amide bonds. The Bertz CT molecular complexity index is 464. The molecular formula is C14H22N4O2. The van der Waals surface area contributed by atoms with Crippen molar-refractivity contribution in [2.45, 2.75) is 32.3 Å². The summed E-state index contributed by atoms with van der Waals surface area (Å²) in [5.74, 6) is 0.0302. The summed E-state index contributed by atoms with van der Waals surface area (Å²) in [6.45, 7) is 4.79. The van der Waals surface area contributed by atoms with Crippen molar-refractivity contribution in [2.75, 3.05) is 24.6 Å². The molecule has 1 fully saturated rings. The molecule has 1 aliphatic heterocycles. The van der Waals surface area contributed by atoms with E-state index < -0.39 is 0 Å². The first-order valence-electron chi connectivity index (χ1n) is 7.05. The Hall–Kier alpha value is -1.82. The number of oxime groups is 1. The van der Waals surface area contributed by atoms with Gasteiger partial charge in [0.15, 0.2) is 5.84 Å². The van der Waals surface area contributed by atoms with Crippen molar-refractivity contribution in [3.8, 4) is 0 Å². The lowest BCUT2D eigenvalue weighted by Crippen LogP contribution is -2.40. The van der Waals surface area contributed by atoms with Crippen molar-refractivity contribution in [2.24, 2.45) is 10.9 Å². The highest BCUT2D eigenvalue weighted by Crippen LogP contribution is 2.21. The van der Waals surface area contributed by atoms with E-state index in [0.29, 0.717) is 5.69 Å². The van der Waals surface area contributed by atoms with E-state index >= 15 is 0 Å². The Kier molecular flexibility index (Phi) is 5.17. The van der Waals surface area contributed by atoms with E-state index in [0.717, 1.165) is 44.6 Å². The zero-order chi connectivity index (χ0) is 14.4. The third-order valence-electron chi connectivity index (χ3n) is 3.41. The Labute approximate surface area is 119 Å². The van der Waals surface area contributed by atoms with Gasteiger partial charge < -0.3 is 20.6 Å². The summed E-state index contributed by atoms with van der Waals surface area (Å²) >= 11 is 0. The SMILES string of the molecule is CCCOC1CCCN(c2ccnc(C(N)=NO)c2)C1. The quantitative estimate of drug-likeness (QED) is 0.370. The van der Waals surface area contributed by atoms with Gasteiger partial charge in [0.25, 0.3) is 0 Å². The van der Waals surface area contributed by atoms with Gasteiger partial charge in [-0.1, -0.05) is 12.1 Å². The second-order valence-electron chi connectivity index (χ2n) is 4.97. The number of nitrogens with two attached hydrogens (primary N) is 1. The van der Waals surface area contributed by atoms with Gasteiger partial charge in [0.2, 0.25) is 0 Å². The van der Waals surface area contributed by atoms with Gasteiger partial charge >= 0.3 is 0 Å². The van der Waals surface area contributed by atoms with Crippen LogP contribution in [0.1, 0.15) is 31.9 Å². The molecule has 0 spiro atoms. The lowest BCUT2D eigenvalue weighted by atomic mass is 10.1. The average molecular weight is 278 g/mol. The standard InChI is InChI=1S/C14H22N4O2/c1-2-8-20-12-4-3-7-18(10-12)11-5-6-16-13(9-11)14(15)17-19/h5-6,9,12,19H,2-4,7-8,10H2,1H3,(H2,15,17). The number of rotatable bonds is 5. The molecule has 1 aromatic heterocycles. The summed E-state index contributed by atoms with van der Waals surface area (Å²) in [5.41, 5.74) is 7.10. The van der Waals surface area contributed by atoms with Gasteiger partial charge in [-0.15, -0.1) is 0 Å². The molecule has 0 bridgehead atoms. The molecule has 0 aliphatic carbocycles. The summed E-state index contributed by atoms with van der Waals surface area (Å²) in [6, 6.07) is 3.79. The van der Waals surface area contributed by atoms with E-state index in [1.165, 1.54) is 0 Å². The molecular weight excluding hydrogens is 256 g/mol. The lowest BCUT2D eigenvalue weighted by molar-refractivity contribution is 0.0440. The molecule has 1 unspecified atom stereocenters. The van der Waals surface area contributed by atoms with E-state index in [1.54, 1.807) is 6.20 Å². The van der Waals surface area contributed by atoms with Crippen LogP contribution in [-0.2, 0) is 4.74 Å². The van der Waals surface area contributed by atoms with Gasteiger partial charge in [-0.3, -0.25) is 4.98 Å².